The summed E-state index contributed by atoms with van der Waals surface area (Å²) in [7, 11) is 0. The molecule has 3 rings (SSSR count). The van der Waals surface area contributed by atoms with Crippen molar-refractivity contribution in [2.45, 2.75) is 19.1 Å². The lowest BCUT2D eigenvalue weighted by Crippen LogP contribution is -2.47. The number of amides is 2. The van der Waals surface area contributed by atoms with Gasteiger partial charge in [0.05, 0.1) is 5.88 Å². The molecule has 0 bridgehead atoms. The van der Waals surface area contributed by atoms with Crippen LogP contribution in [0.15, 0.2) is 24.3 Å². The molecule has 0 spiro atoms. The van der Waals surface area contributed by atoms with Crippen LogP contribution in [-0.4, -0.2) is 44.6 Å². The molecule has 1 aromatic rings. The van der Waals surface area contributed by atoms with E-state index in [0.29, 0.717) is 24.7 Å². The van der Waals surface area contributed by atoms with E-state index >= 15 is 0 Å². The van der Waals surface area contributed by atoms with Crippen molar-refractivity contribution in [2.24, 2.45) is 0 Å². The van der Waals surface area contributed by atoms with E-state index in [2.05, 4.69) is 0 Å². The van der Waals surface area contributed by atoms with Crippen molar-refractivity contribution in [1.29, 1.82) is 0 Å². The third kappa shape index (κ3) is 2.16. The highest BCUT2D eigenvalue weighted by molar-refractivity contribution is 7.99. The first kappa shape index (κ1) is 12.3. The van der Waals surface area contributed by atoms with Gasteiger partial charge in [0, 0.05) is 18.8 Å². The Balaban J connectivity index is 1.74. The fourth-order valence-corrected chi connectivity index (χ4v) is 3.62. The standard InChI is InChI=1S/C13H14N2O3S/c16-12(17)11-7-19-8-15(11)13(18)14-5-9-3-1-2-4-10(9)6-14/h1-4,11H,5-8H2,(H,16,17)/t11-/m0/s1. The fourth-order valence-electron chi connectivity index (χ4n) is 2.49. The maximum absolute atomic E-state index is 12.4. The Hall–Kier alpha value is -1.69. The van der Waals surface area contributed by atoms with Crippen LogP contribution < -0.4 is 0 Å². The van der Waals surface area contributed by atoms with E-state index in [1.54, 1.807) is 4.90 Å². The number of urea groups is 1. The van der Waals surface area contributed by atoms with Crippen LogP contribution in [0.5, 0.6) is 0 Å². The molecule has 5 nitrogen and oxygen atoms in total. The molecule has 0 radical (unpaired) electrons. The maximum Gasteiger partial charge on any atom is 0.327 e. The van der Waals surface area contributed by atoms with Crippen molar-refractivity contribution < 1.29 is 14.7 Å². The van der Waals surface area contributed by atoms with Crippen molar-refractivity contribution in [3.05, 3.63) is 35.4 Å². The molecule has 1 saturated heterocycles. The second-order valence-electron chi connectivity index (χ2n) is 4.73. The number of carbonyl (C=O) groups excluding carboxylic acids is 1. The summed E-state index contributed by atoms with van der Waals surface area (Å²) in [5.41, 5.74) is 2.30. The molecule has 1 aromatic carbocycles. The number of thioether (sulfide) groups is 1. The minimum absolute atomic E-state index is 0.173. The predicted molar refractivity (Wildman–Crippen MR) is 71.7 cm³/mol. The first-order chi connectivity index (χ1) is 9.16. The molecule has 0 unspecified atom stereocenters. The van der Waals surface area contributed by atoms with Crippen molar-refractivity contribution >= 4 is 23.8 Å². The Labute approximate surface area is 115 Å². The number of carbonyl (C=O) groups is 2. The third-order valence-electron chi connectivity index (χ3n) is 3.52. The number of hydrogen-bond donors (Lipinski definition) is 1. The Morgan fingerprint density at radius 1 is 1.21 bits per heavy atom. The number of carboxylic acids is 1. The number of aliphatic carboxylic acids is 1. The van der Waals surface area contributed by atoms with Gasteiger partial charge < -0.3 is 14.9 Å². The SMILES string of the molecule is O=C(O)[C@@H]1CSCN1C(=O)N1Cc2ccccc2C1. The van der Waals surface area contributed by atoms with Crippen molar-refractivity contribution in [3.63, 3.8) is 0 Å². The zero-order valence-electron chi connectivity index (χ0n) is 10.3. The van der Waals surface area contributed by atoms with Gasteiger partial charge in [0.2, 0.25) is 0 Å². The zero-order chi connectivity index (χ0) is 13.4. The van der Waals surface area contributed by atoms with Crippen LogP contribution in [0, 0.1) is 0 Å². The zero-order valence-corrected chi connectivity index (χ0v) is 11.1. The van der Waals surface area contributed by atoms with Crippen molar-refractivity contribution in [1.82, 2.24) is 9.80 Å². The Bertz CT molecular complexity index is 509. The highest BCUT2D eigenvalue weighted by Gasteiger charge is 2.38. The summed E-state index contributed by atoms with van der Waals surface area (Å²) >= 11 is 1.49. The summed E-state index contributed by atoms with van der Waals surface area (Å²) in [6.45, 7) is 1.14. The van der Waals surface area contributed by atoms with Gasteiger partial charge >= 0.3 is 12.0 Å². The molecule has 1 atom stereocenters. The van der Waals surface area contributed by atoms with Crippen LogP contribution >= 0.6 is 11.8 Å². The molecule has 0 aromatic heterocycles. The average molecular weight is 278 g/mol. The number of nitrogens with zero attached hydrogens (tertiary/aromatic N) is 2. The summed E-state index contributed by atoms with van der Waals surface area (Å²) < 4.78 is 0. The van der Waals surface area contributed by atoms with Gasteiger partial charge in [0.1, 0.15) is 6.04 Å². The van der Waals surface area contributed by atoms with Crippen LogP contribution in [0.2, 0.25) is 0 Å². The molecule has 19 heavy (non-hydrogen) atoms. The highest BCUT2D eigenvalue weighted by atomic mass is 32.2. The monoisotopic (exact) mass is 278 g/mol. The Morgan fingerprint density at radius 2 is 1.84 bits per heavy atom. The molecule has 2 amide bonds. The lowest BCUT2D eigenvalue weighted by molar-refractivity contribution is -0.140. The number of fused-ring (bicyclic) bond motifs is 1. The second-order valence-corrected chi connectivity index (χ2v) is 5.73. The van der Waals surface area contributed by atoms with E-state index in [9.17, 15) is 9.59 Å². The van der Waals surface area contributed by atoms with E-state index < -0.39 is 12.0 Å². The first-order valence-corrected chi connectivity index (χ1v) is 7.25. The van der Waals surface area contributed by atoms with Gasteiger partial charge in [-0.25, -0.2) is 9.59 Å². The lowest BCUT2D eigenvalue weighted by Gasteiger charge is -2.26. The van der Waals surface area contributed by atoms with Crippen LogP contribution in [-0.2, 0) is 17.9 Å². The third-order valence-corrected chi connectivity index (χ3v) is 4.54. The molecule has 6 heteroatoms. The summed E-state index contributed by atoms with van der Waals surface area (Å²) in [6.07, 6.45) is 0. The molecule has 0 aliphatic carbocycles. The van der Waals surface area contributed by atoms with Crippen LogP contribution in [0.4, 0.5) is 4.79 Å². The Morgan fingerprint density at radius 3 is 2.42 bits per heavy atom. The number of carboxylic acid groups (broad SMARTS) is 1. The number of rotatable bonds is 1. The normalized spacial score (nSPS) is 21.6. The van der Waals surface area contributed by atoms with Crippen LogP contribution in [0.3, 0.4) is 0 Å². The summed E-state index contributed by atoms with van der Waals surface area (Å²) in [5, 5.41) is 9.12. The van der Waals surface area contributed by atoms with Gasteiger partial charge in [-0.3, -0.25) is 0 Å². The largest absolute Gasteiger partial charge is 0.480 e. The van der Waals surface area contributed by atoms with E-state index in [-0.39, 0.29) is 6.03 Å². The summed E-state index contributed by atoms with van der Waals surface area (Å²) in [4.78, 5) is 26.7. The first-order valence-electron chi connectivity index (χ1n) is 6.09. The van der Waals surface area contributed by atoms with E-state index in [0.717, 1.165) is 11.1 Å². The molecule has 0 saturated carbocycles. The van der Waals surface area contributed by atoms with E-state index in [1.807, 2.05) is 24.3 Å². The summed E-state index contributed by atoms with van der Waals surface area (Å²) in [6, 6.07) is 7.07. The van der Waals surface area contributed by atoms with Crippen molar-refractivity contribution in [3.8, 4) is 0 Å². The minimum Gasteiger partial charge on any atom is -0.480 e. The molecular weight excluding hydrogens is 264 g/mol. The Kier molecular flexibility index (Phi) is 3.10. The van der Waals surface area contributed by atoms with Gasteiger partial charge in [0.15, 0.2) is 0 Å². The quantitative estimate of drug-likeness (QED) is 0.847. The molecule has 100 valence electrons. The second kappa shape index (κ2) is 4.77. The van der Waals surface area contributed by atoms with Gasteiger partial charge in [-0.1, -0.05) is 24.3 Å². The van der Waals surface area contributed by atoms with Crippen LogP contribution in [0.25, 0.3) is 0 Å². The smallest absolute Gasteiger partial charge is 0.327 e. The molecule has 1 N–H and O–H groups in total. The predicted octanol–water partition coefficient (Wildman–Crippen LogP) is 1.58. The van der Waals surface area contributed by atoms with Gasteiger partial charge in [-0.2, -0.15) is 0 Å². The molecule has 2 aliphatic heterocycles. The molecular formula is C13H14N2O3S. The van der Waals surface area contributed by atoms with Gasteiger partial charge in [-0.05, 0) is 11.1 Å². The van der Waals surface area contributed by atoms with Gasteiger partial charge in [0.25, 0.3) is 0 Å². The summed E-state index contributed by atoms with van der Waals surface area (Å²) in [5.74, 6) is 0.0138. The van der Waals surface area contributed by atoms with Crippen LogP contribution in [0.1, 0.15) is 11.1 Å². The number of hydrogen-bond acceptors (Lipinski definition) is 3. The lowest BCUT2D eigenvalue weighted by atomic mass is 10.1. The van der Waals surface area contributed by atoms with E-state index in [4.69, 9.17) is 5.11 Å². The van der Waals surface area contributed by atoms with E-state index in [1.165, 1.54) is 16.7 Å². The average Bonchev–Trinajstić information content (AvgIpc) is 3.04. The maximum atomic E-state index is 12.4. The fraction of sp³-hybridized carbons (Fsp3) is 0.385. The molecule has 1 fully saturated rings. The molecule has 2 heterocycles. The number of benzene rings is 1. The topological polar surface area (TPSA) is 60.9 Å². The van der Waals surface area contributed by atoms with Crippen molar-refractivity contribution in [2.75, 3.05) is 11.6 Å². The van der Waals surface area contributed by atoms with Gasteiger partial charge in [-0.15, -0.1) is 11.8 Å². The highest BCUT2D eigenvalue weighted by Crippen LogP contribution is 2.27. The minimum atomic E-state index is -0.921. The molecule has 2 aliphatic rings.